The maximum absolute atomic E-state index is 6.47. The summed E-state index contributed by atoms with van der Waals surface area (Å²) in [4.78, 5) is 0. The second-order valence-corrected chi connectivity index (χ2v) is 5.60. The van der Waals surface area contributed by atoms with Gasteiger partial charge < -0.3 is 15.2 Å². The Bertz CT molecular complexity index is 455. The maximum Gasteiger partial charge on any atom is 0.162 e. The van der Waals surface area contributed by atoms with Gasteiger partial charge in [0.1, 0.15) is 0 Å². The van der Waals surface area contributed by atoms with Crippen molar-refractivity contribution in [2.75, 3.05) is 13.2 Å². The van der Waals surface area contributed by atoms with Crippen molar-refractivity contribution in [1.82, 2.24) is 0 Å². The minimum atomic E-state index is -0.290. The van der Waals surface area contributed by atoms with Crippen LogP contribution in [0.4, 0.5) is 0 Å². The number of halogens is 1. The molecule has 1 fully saturated rings. The van der Waals surface area contributed by atoms with E-state index in [9.17, 15) is 0 Å². The van der Waals surface area contributed by atoms with Crippen LogP contribution < -0.4 is 15.2 Å². The maximum atomic E-state index is 6.47. The molecule has 0 radical (unpaired) electrons. The fraction of sp³-hybridized carbons (Fsp3) is 0.571. The first-order chi connectivity index (χ1) is 8.69. The molecule has 1 aliphatic carbocycles. The zero-order valence-corrected chi connectivity index (χ0v) is 11.1. The van der Waals surface area contributed by atoms with E-state index in [0.717, 1.165) is 36.3 Å². The van der Waals surface area contributed by atoms with Crippen molar-refractivity contribution < 1.29 is 9.47 Å². The molecule has 3 nitrogen and oxygen atoms in total. The Labute approximate surface area is 112 Å². The minimum absolute atomic E-state index is 0.290. The van der Waals surface area contributed by atoms with Gasteiger partial charge in [0.05, 0.1) is 13.2 Å². The van der Waals surface area contributed by atoms with Crippen molar-refractivity contribution in [3.05, 3.63) is 22.7 Å². The molecule has 0 spiro atoms. The van der Waals surface area contributed by atoms with E-state index >= 15 is 0 Å². The standard InChI is InChI=1S/C14H18ClNO2/c15-11-9-13-12(17-6-3-7-18-13)8-10(11)14(16)4-1-2-5-14/h8-9H,1-7,16H2. The Morgan fingerprint density at radius 3 is 2.28 bits per heavy atom. The second-order valence-electron chi connectivity index (χ2n) is 5.19. The molecule has 2 N–H and O–H groups in total. The Balaban J connectivity index is 2.02. The summed E-state index contributed by atoms with van der Waals surface area (Å²) in [5, 5.41) is 0.698. The van der Waals surface area contributed by atoms with Gasteiger partial charge in [-0.05, 0) is 24.5 Å². The van der Waals surface area contributed by atoms with Crippen LogP contribution in [0.1, 0.15) is 37.7 Å². The van der Waals surface area contributed by atoms with Crippen LogP contribution in [0.25, 0.3) is 0 Å². The highest BCUT2D eigenvalue weighted by Gasteiger charge is 2.34. The summed E-state index contributed by atoms with van der Waals surface area (Å²) < 4.78 is 11.3. The van der Waals surface area contributed by atoms with Gasteiger partial charge in [-0.2, -0.15) is 0 Å². The number of benzene rings is 1. The van der Waals surface area contributed by atoms with Crippen LogP contribution >= 0.6 is 11.6 Å². The largest absolute Gasteiger partial charge is 0.490 e. The molecule has 2 aliphatic rings. The van der Waals surface area contributed by atoms with E-state index < -0.39 is 0 Å². The summed E-state index contributed by atoms with van der Waals surface area (Å²) in [6.45, 7) is 1.36. The Morgan fingerprint density at radius 2 is 1.61 bits per heavy atom. The van der Waals surface area contributed by atoms with Gasteiger partial charge in [0.15, 0.2) is 11.5 Å². The summed E-state index contributed by atoms with van der Waals surface area (Å²) >= 11 is 6.37. The lowest BCUT2D eigenvalue weighted by molar-refractivity contribution is 0.296. The van der Waals surface area contributed by atoms with Gasteiger partial charge in [0, 0.05) is 23.0 Å². The van der Waals surface area contributed by atoms with Crippen LogP contribution in [0.5, 0.6) is 11.5 Å². The highest BCUT2D eigenvalue weighted by Crippen LogP contribution is 2.44. The zero-order chi connectivity index (χ0) is 12.6. The van der Waals surface area contributed by atoms with Gasteiger partial charge in [-0.3, -0.25) is 0 Å². The smallest absolute Gasteiger partial charge is 0.162 e. The van der Waals surface area contributed by atoms with Crippen LogP contribution in [0.2, 0.25) is 5.02 Å². The van der Waals surface area contributed by atoms with Crippen molar-refractivity contribution in [2.24, 2.45) is 5.73 Å². The summed E-state index contributed by atoms with van der Waals surface area (Å²) in [6.07, 6.45) is 5.22. The van der Waals surface area contributed by atoms with Crippen LogP contribution in [-0.2, 0) is 5.54 Å². The van der Waals surface area contributed by atoms with E-state index in [1.807, 2.05) is 12.1 Å². The number of hydrogen-bond donors (Lipinski definition) is 1. The average molecular weight is 268 g/mol. The van der Waals surface area contributed by atoms with Gasteiger partial charge >= 0.3 is 0 Å². The molecular formula is C14H18ClNO2. The molecule has 1 heterocycles. The molecule has 1 saturated carbocycles. The third-order valence-electron chi connectivity index (χ3n) is 3.87. The fourth-order valence-electron chi connectivity index (χ4n) is 2.84. The van der Waals surface area contributed by atoms with Crippen LogP contribution in [-0.4, -0.2) is 13.2 Å². The van der Waals surface area contributed by atoms with Gasteiger partial charge in [-0.15, -0.1) is 0 Å². The van der Waals surface area contributed by atoms with Gasteiger partial charge in [0.2, 0.25) is 0 Å². The Kier molecular flexibility index (Phi) is 3.12. The summed E-state index contributed by atoms with van der Waals surface area (Å²) in [5.74, 6) is 1.52. The molecule has 0 aromatic heterocycles. The molecule has 18 heavy (non-hydrogen) atoms. The lowest BCUT2D eigenvalue weighted by atomic mass is 9.89. The van der Waals surface area contributed by atoms with E-state index in [1.54, 1.807) is 0 Å². The number of ether oxygens (including phenoxy) is 2. The van der Waals surface area contributed by atoms with Crippen molar-refractivity contribution >= 4 is 11.6 Å². The Morgan fingerprint density at radius 1 is 1.00 bits per heavy atom. The number of nitrogens with two attached hydrogens (primary N) is 1. The van der Waals surface area contributed by atoms with E-state index in [-0.39, 0.29) is 5.54 Å². The Hall–Kier alpha value is -0.930. The van der Waals surface area contributed by atoms with Crippen molar-refractivity contribution in [1.29, 1.82) is 0 Å². The molecule has 98 valence electrons. The SMILES string of the molecule is NC1(c2cc3c(cc2Cl)OCCCO3)CCCC1. The van der Waals surface area contributed by atoms with Gasteiger partial charge in [-0.25, -0.2) is 0 Å². The van der Waals surface area contributed by atoms with Crippen molar-refractivity contribution in [3.63, 3.8) is 0 Å². The summed E-state index contributed by atoms with van der Waals surface area (Å²) in [7, 11) is 0. The fourth-order valence-corrected chi connectivity index (χ4v) is 3.18. The van der Waals surface area contributed by atoms with Crippen molar-refractivity contribution in [2.45, 2.75) is 37.6 Å². The number of hydrogen-bond acceptors (Lipinski definition) is 3. The molecule has 1 aromatic carbocycles. The summed E-state index contributed by atoms with van der Waals surface area (Å²) in [5.41, 5.74) is 7.19. The molecule has 3 rings (SSSR count). The molecule has 0 saturated heterocycles. The molecule has 0 unspecified atom stereocenters. The lowest BCUT2D eigenvalue weighted by Crippen LogP contribution is -2.33. The van der Waals surface area contributed by atoms with Crippen LogP contribution in [0.15, 0.2) is 12.1 Å². The zero-order valence-electron chi connectivity index (χ0n) is 10.4. The minimum Gasteiger partial charge on any atom is -0.490 e. The predicted octanol–water partition coefficient (Wildman–Crippen LogP) is 3.23. The number of rotatable bonds is 1. The third kappa shape index (κ3) is 2.06. The first-order valence-corrected chi connectivity index (χ1v) is 6.95. The van der Waals surface area contributed by atoms with Gasteiger partial charge in [0.25, 0.3) is 0 Å². The molecule has 1 aliphatic heterocycles. The second kappa shape index (κ2) is 4.63. The molecular weight excluding hydrogens is 250 g/mol. The van der Waals surface area contributed by atoms with E-state index in [0.29, 0.717) is 18.2 Å². The molecule has 4 heteroatoms. The summed E-state index contributed by atoms with van der Waals surface area (Å²) in [6, 6.07) is 3.83. The topological polar surface area (TPSA) is 44.5 Å². The molecule has 0 bridgehead atoms. The first-order valence-electron chi connectivity index (χ1n) is 6.58. The molecule has 1 aromatic rings. The normalized spacial score (nSPS) is 21.7. The average Bonchev–Trinajstić information content (AvgIpc) is 2.66. The van der Waals surface area contributed by atoms with Crippen LogP contribution in [0.3, 0.4) is 0 Å². The third-order valence-corrected chi connectivity index (χ3v) is 4.18. The van der Waals surface area contributed by atoms with E-state index in [4.69, 9.17) is 26.8 Å². The lowest BCUT2D eigenvalue weighted by Gasteiger charge is -2.26. The highest BCUT2D eigenvalue weighted by atomic mass is 35.5. The van der Waals surface area contributed by atoms with Crippen molar-refractivity contribution in [3.8, 4) is 11.5 Å². The predicted molar refractivity (Wildman–Crippen MR) is 71.4 cm³/mol. The van der Waals surface area contributed by atoms with E-state index in [1.165, 1.54) is 12.8 Å². The van der Waals surface area contributed by atoms with Gasteiger partial charge in [-0.1, -0.05) is 24.4 Å². The highest BCUT2D eigenvalue weighted by molar-refractivity contribution is 6.31. The molecule has 0 amide bonds. The quantitative estimate of drug-likeness (QED) is 0.850. The van der Waals surface area contributed by atoms with E-state index in [2.05, 4.69) is 0 Å². The number of fused-ring (bicyclic) bond motifs is 1. The molecule has 0 atom stereocenters. The first kappa shape index (κ1) is 12.1. The van der Waals surface area contributed by atoms with Crippen LogP contribution in [0, 0.1) is 0 Å². The monoisotopic (exact) mass is 267 g/mol.